The van der Waals surface area contributed by atoms with E-state index in [0.717, 1.165) is 0 Å². The van der Waals surface area contributed by atoms with Crippen LogP contribution in [-0.2, 0) is 4.79 Å². The van der Waals surface area contributed by atoms with Gasteiger partial charge < -0.3 is 0 Å². The maximum absolute atomic E-state index is 12.7. The van der Waals surface area contributed by atoms with Crippen LogP contribution in [0.3, 0.4) is 0 Å². The van der Waals surface area contributed by atoms with Gasteiger partial charge in [-0.3, -0.25) is 4.79 Å². The Morgan fingerprint density at radius 1 is 1.50 bits per heavy atom. The average Bonchev–Trinajstić information content (AvgIpc) is 2.51. The summed E-state index contributed by atoms with van der Waals surface area (Å²) in [4.78, 5) is 14.7. The molecule has 5 heteroatoms. The molecule has 1 aliphatic heterocycles. The fraction of sp³-hybridized carbons (Fsp3) is 0.111. The molecule has 0 spiro atoms. The van der Waals surface area contributed by atoms with E-state index in [4.69, 9.17) is 11.6 Å². The number of hydrogen-bond donors (Lipinski definition) is 0. The van der Waals surface area contributed by atoms with Crippen molar-refractivity contribution in [1.82, 2.24) is 0 Å². The molecule has 1 aromatic rings. The number of aliphatic imine (C=N–C) groups is 1. The van der Waals surface area contributed by atoms with E-state index in [9.17, 15) is 9.18 Å². The SMILES string of the molecule is O=C1CSC(c2ccc(F)cc2Cl)=N1. The van der Waals surface area contributed by atoms with Crippen LogP contribution in [0.1, 0.15) is 5.56 Å². The maximum Gasteiger partial charge on any atom is 0.257 e. The molecule has 0 atom stereocenters. The van der Waals surface area contributed by atoms with Crippen molar-refractivity contribution in [3.8, 4) is 0 Å². The van der Waals surface area contributed by atoms with Gasteiger partial charge in [0.05, 0.1) is 10.8 Å². The van der Waals surface area contributed by atoms with Gasteiger partial charge in [0.15, 0.2) is 0 Å². The molecule has 0 aromatic heterocycles. The van der Waals surface area contributed by atoms with E-state index >= 15 is 0 Å². The summed E-state index contributed by atoms with van der Waals surface area (Å²) in [7, 11) is 0. The molecule has 14 heavy (non-hydrogen) atoms. The van der Waals surface area contributed by atoms with Crippen LogP contribution in [0.2, 0.25) is 5.02 Å². The summed E-state index contributed by atoms with van der Waals surface area (Å²) >= 11 is 7.13. The van der Waals surface area contributed by atoms with Crippen LogP contribution in [0.25, 0.3) is 0 Å². The number of nitrogens with zero attached hydrogens (tertiary/aromatic N) is 1. The van der Waals surface area contributed by atoms with Crippen molar-refractivity contribution in [2.75, 3.05) is 5.75 Å². The lowest BCUT2D eigenvalue weighted by molar-refractivity contribution is -0.115. The van der Waals surface area contributed by atoms with Crippen LogP contribution < -0.4 is 0 Å². The minimum atomic E-state index is -0.395. The first-order valence-corrected chi connectivity index (χ1v) is 5.23. The van der Waals surface area contributed by atoms with E-state index in [1.54, 1.807) is 0 Å². The Hall–Kier alpha value is -0.870. The zero-order valence-corrected chi connectivity index (χ0v) is 8.53. The lowest BCUT2D eigenvalue weighted by atomic mass is 10.2. The third kappa shape index (κ3) is 1.81. The van der Waals surface area contributed by atoms with Crippen LogP contribution in [0, 0.1) is 5.82 Å². The minimum Gasteiger partial charge on any atom is -0.272 e. The molecule has 0 aliphatic carbocycles. The van der Waals surface area contributed by atoms with Crippen molar-refractivity contribution in [2.24, 2.45) is 4.99 Å². The van der Waals surface area contributed by atoms with E-state index in [-0.39, 0.29) is 10.9 Å². The van der Waals surface area contributed by atoms with Gasteiger partial charge in [0.25, 0.3) is 5.91 Å². The molecule has 1 heterocycles. The normalized spacial score (nSPS) is 15.9. The molecule has 0 saturated carbocycles. The number of amides is 1. The van der Waals surface area contributed by atoms with Crippen molar-refractivity contribution < 1.29 is 9.18 Å². The summed E-state index contributed by atoms with van der Waals surface area (Å²) in [6.45, 7) is 0. The Bertz CT molecular complexity index is 433. The third-order valence-corrected chi connectivity index (χ3v) is 3.01. The Kier molecular flexibility index (Phi) is 2.56. The molecule has 2 rings (SSSR count). The second-order valence-corrected chi connectivity index (χ2v) is 4.09. The molecule has 1 amide bonds. The van der Waals surface area contributed by atoms with Crippen molar-refractivity contribution in [1.29, 1.82) is 0 Å². The van der Waals surface area contributed by atoms with Crippen molar-refractivity contribution in [3.63, 3.8) is 0 Å². The summed E-state index contributed by atoms with van der Waals surface area (Å²) < 4.78 is 12.7. The van der Waals surface area contributed by atoms with Crippen LogP contribution in [0.5, 0.6) is 0 Å². The molecule has 2 nitrogen and oxygen atoms in total. The molecule has 0 saturated heterocycles. The highest BCUT2D eigenvalue weighted by atomic mass is 35.5. The summed E-state index contributed by atoms with van der Waals surface area (Å²) in [6, 6.07) is 4.04. The quantitative estimate of drug-likeness (QED) is 0.741. The Balaban J connectivity index is 2.42. The number of halogens is 2. The molecule has 0 bridgehead atoms. The summed E-state index contributed by atoms with van der Waals surface area (Å²) in [5.74, 6) is -0.234. The molecular weight excluding hydrogens is 225 g/mol. The van der Waals surface area contributed by atoms with Gasteiger partial charge in [-0.1, -0.05) is 23.4 Å². The molecule has 1 aromatic carbocycles. The highest BCUT2D eigenvalue weighted by Gasteiger charge is 2.18. The first-order chi connectivity index (χ1) is 6.66. The maximum atomic E-state index is 12.7. The predicted octanol–water partition coefficient (Wildman–Crippen LogP) is 2.50. The fourth-order valence-electron chi connectivity index (χ4n) is 1.11. The first kappa shape index (κ1) is 9.68. The van der Waals surface area contributed by atoms with Gasteiger partial charge in [-0.25, -0.2) is 9.38 Å². The van der Waals surface area contributed by atoms with Gasteiger partial charge in [0.1, 0.15) is 10.9 Å². The number of carbonyl (C=O) groups excluding carboxylic acids is 1. The number of benzene rings is 1. The minimum absolute atomic E-state index is 0.176. The number of thioether (sulfide) groups is 1. The Morgan fingerprint density at radius 2 is 2.29 bits per heavy atom. The molecule has 0 unspecified atom stereocenters. The van der Waals surface area contributed by atoms with Gasteiger partial charge in [0.2, 0.25) is 0 Å². The van der Waals surface area contributed by atoms with E-state index in [1.165, 1.54) is 30.0 Å². The van der Waals surface area contributed by atoms with Crippen molar-refractivity contribution in [2.45, 2.75) is 0 Å². The highest BCUT2D eigenvalue weighted by Crippen LogP contribution is 2.26. The van der Waals surface area contributed by atoms with E-state index in [2.05, 4.69) is 4.99 Å². The summed E-state index contributed by atoms with van der Waals surface area (Å²) in [5.41, 5.74) is 0.615. The molecule has 72 valence electrons. The lowest BCUT2D eigenvalue weighted by Crippen LogP contribution is -1.93. The fourth-order valence-corrected chi connectivity index (χ4v) is 2.25. The number of rotatable bonds is 1. The second kappa shape index (κ2) is 3.71. The van der Waals surface area contributed by atoms with Gasteiger partial charge in [-0.05, 0) is 18.2 Å². The largest absolute Gasteiger partial charge is 0.272 e. The van der Waals surface area contributed by atoms with Gasteiger partial charge in [-0.15, -0.1) is 0 Å². The van der Waals surface area contributed by atoms with Gasteiger partial charge in [-0.2, -0.15) is 0 Å². The first-order valence-electron chi connectivity index (χ1n) is 3.86. The number of carbonyl (C=O) groups is 1. The van der Waals surface area contributed by atoms with Crippen LogP contribution in [0.4, 0.5) is 4.39 Å². The Morgan fingerprint density at radius 3 is 2.86 bits per heavy atom. The standard InChI is InChI=1S/C9H5ClFNOS/c10-7-3-5(11)1-2-6(7)9-12-8(13)4-14-9/h1-3H,4H2. The van der Waals surface area contributed by atoms with E-state index in [0.29, 0.717) is 16.4 Å². The molecule has 0 radical (unpaired) electrons. The summed E-state index contributed by atoms with van der Waals surface area (Å²) in [5, 5.41) is 0.853. The third-order valence-electron chi connectivity index (χ3n) is 1.72. The average molecular weight is 230 g/mol. The molecule has 0 N–H and O–H groups in total. The second-order valence-electron chi connectivity index (χ2n) is 2.72. The lowest BCUT2D eigenvalue weighted by Gasteiger charge is -2.01. The summed E-state index contributed by atoms with van der Waals surface area (Å²) in [6.07, 6.45) is 0. The monoisotopic (exact) mass is 229 g/mol. The van der Waals surface area contributed by atoms with Crippen LogP contribution in [0.15, 0.2) is 23.2 Å². The van der Waals surface area contributed by atoms with E-state index < -0.39 is 5.82 Å². The topological polar surface area (TPSA) is 29.4 Å². The predicted molar refractivity (Wildman–Crippen MR) is 55.4 cm³/mol. The van der Waals surface area contributed by atoms with Gasteiger partial charge >= 0.3 is 0 Å². The Labute approximate surface area is 89.2 Å². The molecule has 0 fully saturated rings. The molecular formula is C9H5ClFNOS. The van der Waals surface area contributed by atoms with Crippen molar-refractivity contribution in [3.05, 3.63) is 34.6 Å². The van der Waals surface area contributed by atoms with Crippen LogP contribution in [-0.4, -0.2) is 16.7 Å². The number of hydrogen-bond acceptors (Lipinski definition) is 2. The zero-order valence-electron chi connectivity index (χ0n) is 6.96. The zero-order chi connectivity index (χ0) is 10.1. The van der Waals surface area contributed by atoms with Crippen LogP contribution >= 0.6 is 23.4 Å². The van der Waals surface area contributed by atoms with Crippen molar-refractivity contribution >= 4 is 34.3 Å². The van der Waals surface area contributed by atoms with E-state index in [1.807, 2.05) is 0 Å². The molecule has 1 aliphatic rings. The smallest absolute Gasteiger partial charge is 0.257 e. The highest BCUT2D eigenvalue weighted by molar-refractivity contribution is 8.15. The van der Waals surface area contributed by atoms with Gasteiger partial charge in [0, 0.05) is 5.56 Å².